The molecule has 0 aromatic heterocycles. The summed E-state index contributed by atoms with van der Waals surface area (Å²) in [5.74, 6) is 0.282. The molecule has 0 bridgehead atoms. The lowest BCUT2D eigenvalue weighted by atomic mass is 10.1. The lowest BCUT2D eigenvalue weighted by Gasteiger charge is -2.08. The first-order chi connectivity index (χ1) is 7.80. The third-order valence-corrected chi connectivity index (χ3v) is 3.37. The van der Waals surface area contributed by atoms with Crippen LogP contribution in [0.15, 0.2) is 29.2 Å². The smallest absolute Gasteiger partial charge is 0.175 e. The van der Waals surface area contributed by atoms with Crippen LogP contribution in [0, 0.1) is 5.92 Å². The Morgan fingerprint density at radius 2 is 2.00 bits per heavy atom. The number of Topliss-reactive ketones (excluding diaryl/α,β-unsaturated/α-hetero) is 1. The monoisotopic (exact) mass is 256 g/mol. The summed E-state index contributed by atoms with van der Waals surface area (Å²) in [6.45, 7) is 3.54. The van der Waals surface area contributed by atoms with Crippen molar-refractivity contribution in [1.82, 2.24) is 0 Å². The fraction of sp³-hybridized carbons (Fsp3) is 0.417. The van der Waals surface area contributed by atoms with Crippen LogP contribution in [0.1, 0.15) is 13.8 Å². The van der Waals surface area contributed by atoms with Gasteiger partial charge in [-0.15, -0.1) is 0 Å². The van der Waals surface area contributed by atoms with E-state index in [2.05, 4.69) is 0 Å². The second-order valence-corrected chi connectivity index (χ2v) is 6.17. The molecule has 0 aliphatic carbocycles. The summed E-state index contributed by atoms with van der Waals surface area (Å²) >= 11 is 0. The van der Waals surface area contributed by atoms with E-state index in [1.165, 1.54) is 12.1 Å². The second-order valence-electron chi connectivity index (χ2n) is 4.16. The predicted octanol–water partition coefficient (Wildman–Crippen LogP) is 1.69. The molecular formula is C12H16O4S. The van der Waals surface area contributed by atoms with E-state index in [0.29, 0.717) is 5.75 Å². The van der Waals surface area contributed by atoms with Gasteiger partial charge in [0.25, 0.3) is 0 Å². The van der Waals surface area contributed by atoms with Crippen LogP contribution in [0.3, 0.4) is 0 Å². The van der Waals surface area contributed by atoms with Gasteiger partial charge in [-0.3, -0.25) is 4.79 Å². The highest BCUT2D eigenvalue weighted by molar-refractivity contribution is 7.90. The third kappa shape index (κ3) is 4.19. The zero-order chi connectivity index (χ0) is 13.1. The molecule has 0 aliphatic rings. The van der Waals surface area contributed by atoms with Crippen molar-refractivity contribution in [3.05, 3.63) is 24.3 Å². The molecule has 0 heterocycles. The molecule has 1 rings (SSSR count). The summed E-state index contributed by atoms with van der Waals surface area (Å²) in [4.78, 5) is 11.5. The van der Waals surface area contributed by atoms with Gasteiger partial charge < -0.3 is 4.74 Å². The number of carbonyl (C=O) groups excluding carboxylic acids is 1. The van der Waals surface area contributed by atoms with E-state index in [1.54, 1.807) is 26.0 Å². The van der Waals surface area contributed by atoms with Crippen molar-refractivity contribution in [3.63, 3.8) is 0 Å². The Morgan fingerprint density at radius 3 is 2.53 bits per heavy atom. The molecule has 0 atom stereocenters. The molecule has 0 unspecified atom stereocenters. The van der Waals surface area contributed by atoms with E-state index in [0.717, 1.165) is 6.26 Å². The number of ether oxygens (including phenoxy) is 1. The molecule has 0 saturated heterocycles. The molecule has 1 aromatic rings. The highest BCUT2D eigenvalue weighted by Crippen LogP contribution is 2.17. The summed E-state index contributed by atoms with van der Waals surface area (Å²) in [5.41, 5.74) is 0. The highest BCUT2D eigenvalue weighted by Gasteiger charge is 2.10. The Morgan fingerprint density at radius 1 is 1.35 bits per heavy atom. The number of rotatable bonds is 5. The van der Waals surface area contributed by atoms with Gasteiger partial charge in [0.2, 0.25) is 0 Å². The van der Waals surface area contributed by atoms with Crippen LogP contribution < -0.4 is 4.74 Å². The molecule has 17 heavy (non-hydrogen) atoms. The molecule has 1 aromatic carbocycles. The Balaban J connectivity index is 2.77. The summed E-state index contributed by atoms with van der Waals surface area (Å²) in [6, 6.07) is 6.13. The Bertz CT molecular complexity index is 503. The summed E-state index contributed by atoms with van der Waals surface area (Å²) in [5, 5.41) is 0. The topological polar surface area (TPSA) is 60.4 Å². The number of ketones is 1. The minimum absolute atomic E-state index is 0.0187. The fourth-order valence-electron chi connectivity index (χ4n) is 1.12. The molecule has 4 nitrogen and oxygen atoms in total. The molecule has 94 valence electrons. The van der Waals surface area contributed by atoms with Gasteiger partial charge in [-0.05, 0) is 18.2 Å². The number of hydrogen-bond donors (Lipinski definition) is 0. The molecule has 0 radical (unpaired) electrons. The average Bonchev–Trinajstić information content (AvgIpc) is 2.25. The van der Waals surface area contributed by atoms with Crippen molar-refractivity contribution in [1.29, 1.82) is 0 Å². The van der Waals surface area contributed by atoms with Crippen molar-refractivity contribution in [2.24, 2.45) is 5.92 Å². The van der Waals surface area contributed by atoms with Gasteiger partial charge in [-0.2, -0.15) is 0 Å². The quantitative estimate of drug-likeness (QED) is 0.804. The van der Waals surface area contributed by atoms with Crippen LogP contribution in [0.2, 0.25) is 0 Å². The van der Waals surface area contributed by atoms with Crippen LogP contribution in [0.5, 0.6) is 5.75 Å². The molecule has 0 aliphatic heterocycles. The zero-order valence-corrected chi connectivity index (χ0v) is 11.0. The van der Waals surface area contributed by atoms with Crippen LogP contribution in [0.25, 0.3) is 0 Å². The van der Waals surface area contributed by atoms with Gasteiger partial charge in [0.05, 0.1) is 4.90 Å². The van der Waals surface area contributed by atoms with Crippen molar-refractivity contribution in [2.45, 2.75) is 18.7 Å². The van der Waals surface area contributed by atoms with E-state index in [1.807, 2.05) is 0 Å². The first-order valence-corrected chi connectivity index (χ1v) is 7.15. The van der Waals surface area contributed by atoms with Crippen LogP contribution >= 0.6 is 0 Å². The summed E-state index contributed by atoms with van der Waals surface area (Å²) in [6.07, 6.45) is 1.13. The first-order valence-electron chi connectivity index (χ1n) is 5.26. The lowest BCUT2D eigenvalue weighted by molar-refractivity contribution is -0.123. The van der Waals surface area contributed by atoms with Crippen LogP contribution in [0.4, 0.5) is 0 Å². The molecule has 0 amide bonds. The van der Waals surface area contributed by atoms with Gasteiger partial charge in [-0.1, -0.05) is 19.9 Å². The predicted molar refractivity (Wildman–Crippen MR) is 64.9 cm³/mol. The Kier molecular flexibility index (Phi) is 4.28. The number of hydrogen-bond acceptors (Lipinski definition) is 4. The maximum Gasteiger partial charge on any atom is 0.175 e. The number of carbonyl (C=O) groups is 1. The summed E-state index contributed by atoms with van der Waals surface area (Å²) < 4.78 is 27.9. The molecule has 0 saturated carbocycles. The number of sulfone groups is 1. The lowest BCUT2D eigenvalue weighted by Crippen LogP contribution is -2.16. The van der Waals surface area contributed by atoms with Gasteiger partial charge in [-0.25, -0.2) is 8.42 Å². The fourth-order valence-corrected chi connectivity index (χ4v) is 1.77. The van der Waals surface area contributed by atoms with Crippen molar-refractivity contribution >= 4 is 15.6 Å². The maximum absolute atomic E-state index is 11.4. The van der Waals surface area contributed by atoms with E-state index < -0.39 is 9.84 Å². The van der Waals surface area contributed by atoms with Gasteiger partial charge in [0.1, 0.15) is 12.4 Å². The average molecular weight is 256 g/mol. The molecule has 5 heteroatoms. The number of benzene rings is 1. The SMILES string of the molecule is CC(C)C(=O)COc1cccc(S(C)(=O)=O)c1. The highest BCUT2D eigenvalue weighted by atomic mass is 32.2. The van der Waals surface area contributed by atoms with Crippen LogP contribution in [-0.2, 0) is 14.6 Å². The van der Waals surface area contributed by atoms with Crippen molar-refractivity contribution < 1.29 is 17.9 Å². The van der Waals surface area contributed by atoms with E-state index in [9.17, 15) is 13.2 Å². The maximum atomic E-state index is 11.4. The van der Waals surface area contributed by atoms with Crippen molar-refractivity contribution in [2.75, 3.05) is 12.9 Å². The Hall–Kier alpha value is -1.36. The largest absolute Gasteiger partial charge is 0.486 e. The first kappa shape index (κ1) is 13.7. The van der Waals surface area contributed by atoms with E-state index in [-0.39, 0.29) is 23.2 Å². The van der Waals surface area contributed by atoms with E-state index in [4.69, 9.17) is 4.74 Å². The second kappa shape index (κ2) is 5.31. The third-order valence-electron chi connectivity index (χ3n) is 2.26. The molecule has 0 fully saturated rings. The molecule has 0 N–H and O–H groups in total. The summed E-state index contributed by atoms with van der Waals surface area (Å²) in [7, 11) is -3.25. The molecular weight excluding hydrogens is 240 g/mol. The van der Waals surface area contributed by atoms with Gasteiger partial charge in [0, 0.05) is 12.2 Å². The standard InChI is InChI=1S/C12H16O4S/c1-9(2)12(13)8-16-10-5-4-6-11(7-10)17(3,14)15/h4-7,9H,8H2,1-3H3. The minimum atomic E-state index is -3.25. The van der Waals surface area contributed by atoms with Gasteiger partial charge in [0.15, 0.2) is 15.6 Å². The molecule has 0 spiro atoms. The van der Waals surface area contributed by atoms with Gasteiger partial charge >= 0.3 is 0 Å². The zero-order valence-electron chi connectivity index (χ0n) is 10.1. The van der Waals surface area contributed by atoms with Crippen LogP contribution in [-0.4, -0.2) is 27.1 Å². The van der Waals surface area contributed by atoms with E-state index >= 15 is 0 Å². The normalized spacial score (nSPS) is 11.5. The minimum Gasteiger partial charge on any atom is -0.486 e. The Labute approximate surface area is 102 Å². The van der Waals surface area contributed by atoms with Crippen molar-refractivity contribution in [3.8, 4) is 5.75 Å².